The summed E-state index contributed by atoms with van der Waals surface area (Å²) in [6.07, 6.45) is 3.47. The number of oxazole rings is 1. The van der Waals surface area contributed by atoms with Gasteiger partial charge in [0.2, 0.25) is 0 Å². The van der Waals surface area contributed by atoms with Crippen LogP contribution in [0.15, 0.2) is 35.0 Å². The van der Waals surface area contributed by atoms with Crippen molar-refractivity contribution in [3.05, 3.63) is 47.3 Å². The predicted molar refractivity (Wildman–Crippen MR) is 102 cm³/mol. The molecule has 0 amide bonds. The number of pyridine rings is 1. The minimum atomic E-state index is 0.152. The van der Waals surface area contributed by atoms with E-state index in [0.29, 0.717) is 12.6 Å². The molecule has 1 atom stereocenters. The number of nitrogens with zero attached hydrogens (tertiary/aromatic N) is 3. The second-order valence-corrected chi connectivity index (χ2v) is 6.84. The number of benzene rings is 1. The quantitative estimate of drug-likeness (QED) is 0.779. The predicted octanol–water partition coefficient (Wildman–Crippen LogP) is 3.01. The molecule has 0 spiro atoms. The van der Waals surface area contributed by atoms with E-state index < -0.39 is 0 Å². The van der Waals surface area contributed by atoms with Gasteiger partial charge >= 0.3 is 0 Å². The molecule has 0 aliphatic carbocycles. The summed E-state index contributed by atoms with van der Waals surface area (Å²) in [5, 5.41) is 3.43. The maximum atomic E-state index is 6.13. The lowest BCUT2D eigenvalue weighted by molar-refractivity contribution is 0.261. The highest BCUT2D eigenvalue weighted by molar-refractivity contribution is 5.80. The minimum absolute atomic E-state index is 0.152. The SMILES string of the molecule is Cc1cc2oc(N3CCNCC3COc3cccnc3)nc2c(C)c1C. The minimum Gasteiger partial charge on any atom is -0.490 e. The number of rotatable bonds is 4. The van der Waals surface area contributed by atoms with E-state index >= 15 is 0 Å². The lowest BCUT2D eigenvalue weighted by atomic mass is 10.0. The molecule has 0 saturated carbocycles. The Kier molecular flexibility index (Phi) is 4.51. The van der Waals surface area contributed by atoms with Crippen molar-refractivity contribution in [1.82, 2.24) is 15.3 Å². The average Bonchev–Trinajstić information content (AvgIpc) is 3.09. The summed E-state index contributed by atoms with van der Waals surface area (Å²) < 4.78 is 12.0. The van der Waals surface area contributed by atoms with Crippen molar-refractivity contribution in [3.63, 3.8) is 0 Å². The first-order valence-electron chi connectivity index (χ1n) is 9.01. The van der Waals surface area contributed by atoms with Gasteiger partial charge in [0.25, 0.3) is 6.01 Å². The van der Waals surface area contributed by atoms with Gasteiger partial charge in [0.05, 0.1) is 12.2 Å². The lowest BCUT2D eigenvalue weighted by Gasteiger charge is -2.34. The molecule has 1 N–H and O–H groups in total. The number of aryl methyl sites for hydroxylation is 2. The van der Waals surface area contributed by atoms with Crippen molar-refractivity contribution in [2.75, 3.05) is 31.1 Å². The second-order valence-electron chi connectivity index (χ2n) is 6.84. The van der Waals surface area contributed by atoms with Gasteiger partial charge in [-0.25, -0.2) is 0 Å². The average molecular weight is 352 g/mol. The zero-order chi connectivity index (χ0) is 18.1. The van der Waals surface area contributed by atoms with Crippen LogP contribution in [0.3, 0.4) is 0 Å². The number of fused-ring (bicyclic) bond motifs is 1. The van der Waals surface area contributed by atoms with Crippen LogP contribution in [-0.4, -0.2) is 42.3 Å². The zero-order valence-electron chi connectivity index (χ0n) is 15.5. The van der Waals surface area contributed by atoms with E-state index in [2.05, 4.69) is 42.0 Å². The molecule has 136 valence electrons. The van der Waals surface area contributed by atoms with Gasteiger partial charge in [-0.15, -0.1) is 0 Å². The number of piperazine rings is 1. The third kappa shape index (κ3) is 3.12. The molecule has 1 fully saturated rings. The maximum absolute atomic E-state index is 6.13. The number of nitrogens with one attached hydrogen (secondary N) is 1. The first-order chi connectivity index (χ1) is 12.6. The largest absolute Gasteiger partial charge is 0.490 e. The van der Waals surface area contributed by atoms with Crippen LogP contribution in [0, 0.1) is 20.8 Å². The van der Waals surface area contributed by atoms with Gasteiger partial charge in [-0.1, -0.05) is 0 Å². The van der Waals surface area contributed by atoms with Crippen molar-refractivity contribution in [3.8, 4) is 5.75 Å². The van der Waals surface area contributed by atoms with Gasteiger partial charge < -0.3 is 19.4 Å². The van der Waals surface area contributed by atoms with Crippen molar-refractivity contribution in [2.45, 2.75) is 26.8 Å². The monoisotopic (exact) mass is 352 g/mol. The molecular weight excluding hydrogens is 328 g/mol. The molecule has 6 nitrogen and oxygen atoms in total. The Labute approximate surface area is 153 Å². The fraction of sp³-hybridized carbons (Fsp3) is 0.400. The van der Waals surface area contributed by atoms with E-state index in [4.69, 9.17) is 14.1 Å². The van der Waals surface area contributed by atoms with Crippen molar-refractivity contribution < 1.29 is 9.15 Å². The zero-order valence-corrected chi connectivity index (χ0v) is 15.5. The summed E-state index contributed by atoms with van der Waals surface area (Å²) in [4.78, 5) is 11.1. The van der Waals surface area contributed by atoms with Crippen molar-refractivity contribution in [1.29, 1.82) is 0 Å². The lowest BCUT2D eigenvalue weighted by Crippen LogP contribution is -2.54. The molecule has 6 heteroatoms. The number of aromatic nitrogens is 2. The molecule has 0 radical (unpaired) electrons. The van der Waals surface area contributed by atoms with Gasteiger partial charge in [0.15, 0.2) is 5.58 Å². The third-order valence-corrected chi connectivity index (χ3v) is 5.17. The molecule has 1 aliphatic rings. The Hall–Kier alpha value is -2.60. The Morgan fingerprint density at radius 3 is 3.00 bits per heavy atom. The fourth-order valence-corrected chi connectivity index (χ4v) is 3.37. The van der Waals surface area contributed by atoms with E-state index in [1.165, 1.54) is 16.7 Å². The van der Waals surface area contributed by atoms with Crippen LogP contribution in [0.25, 0.3) is 11.1 Å². The van der Waals surface area contributed by atoms with E-state index in [1.54, 1.807) is 12.4 Å². The van der Waals surface area contributed by atoms with Crippen LogP contribution in [0.1, 0.15) is 16.7 Å². The molecule has 3 heterocycles. The second kappa shape index (κ2) is 6.96. The molecule has 1 aromatic carbocycles. The maximum Gasteiger partial charge on any atom is 0.298 e. The number of hydrogen-bond donors (Lipinski definition) is 1. The van der Waals surface area contributed by atoms with Crippen LogP contribution in [0.2, 0.25) is 0 Å². The molecule has 2 aromatic heterocycles. The summed E-state index contributed by atoms with van der Waals surface area (Å²) >= 11 is 0. The molecule has 26 heavy (non-hydrogen) atoms. The fourth-order valence-electron chi connectivity index (χ4n) is 3.37. The van der Waals surface area contributed by atoms with Gasteiger partial charge in [-0.05, 0) is 55.7 Å². The number of hydrogen-bond acceptors (Lipinski definition) is 6. The summed E-state index contributed by atoms with van der Waals surface area (Å²) in [7, 11) is 0. The Morgan fingerprint density at radius 1 is 1.31 bits per heavy atom. The molecule has 1 unspecified atom stereocenters. The summed E-state index contributed by atoms with van der Waals surface area (Å²) in [6, 6.07) is 6.70. The highest BCUT2D eigenvalue weighted by Crippen LogP contribution is 2.29. The van der Waals surface area contributed by atoms with Crippen molar-refractivity contribution >= 4 is 17.1 Å². The summed E-state index contributed by atoms with van der Waals surface area (Å²) in [6.45, 7) is 9.47. The smallest absolute Gasteiger partial charge is 0.298 e. The molecule has 4 rings (SSSR count). The summed E-state index contributed by atoms with van der Waals surface area (Å²) in [5.74, 6) is 0.776. The Morgan fingerprint density at radius 2 is 2.19 bits per heavy atom. The van der Waals surface area contributed by atoms with Crippen LogP contribution < -0.4 is 15.0 Å². The van der Waals surface area contributed by atoms with Crippen molar-refractivity contribution in [2.24, 2.45) is 0 Å². The topological polar surface area (TPSA) is 63.4 Å². The van der Waals surface area contributed by atoms with Crippen LogP contribution in [0.4, 0.5) is 6.01 Å². The van der Waals surface area contributed by atoms with Gasteiger partial charge in [0.1, 0.15) is 17.9 Å². The standard InChI is InChI=1S/C20H24N4O2/c1-13-9-18-19(15(3)14(13)2)23-20(26-18)24-8-7-22-10-16(24)12-25-17-5-4-6-21-11-17/h4-6,9,11,16,22H,7-8,10,12H2,1-3H3. The van der Waals surface area contributed by atoms with Crippen LogP contribution in [-0.2, 0) is 0 Å². The van der Waals surface area contributed by atoms with Crippen LogP contribution >= 0.6 is 0 Å². The normalized spacial score (nSPS) is 17.7. The summed E-state index contributed by atoms with van der Waals surface area (Å²) in [5.41, 5.74) is 5.50. The van der Waals surface area contributed by atoms with E-state index in [-0.39, 0.29) is 6.04 Å². The van der Waals surface area contributed by atoms with E-state index in [9.17, 15) is 0 Å². The highest BCUT2D eigenvalue weighted by Gasteiger charge is 2.27. The Balaban J connectivity index is 1.60. The molecule has 1 aliphatic heterocycles. The first kappa shape index (κ1) is 16.8. The number of anilines is 1. The van der Waals surface area contributed by atoms with Gasteiger partial charge in [0, 0.05) is 25.8 Å². The first-order valence-corrected chi connectivity index (χ1v) is 9.01. The third-order valence-electron chi connectivity index (χ3n) is 5.17. The molecule has 1 saturated heterocycles. The van der Waals surface area contributed by atoms with Gasteiger partial charge in [-0.2, -0.15) is 4.98 Å². The Bertz CT molecular complexity index is 907. The van der Waals surface area contributed by atoms with Gasteiger partial charge in [-0.3, -0.25) is 4.98 Å². The van der Waals surface area contributed by atoms with Crippen LogP contribution in [0.5, 0.6) is 5.75 Å². The van der Waals surface area contributed by atoms with E-state index in [1.807, 2.05) is 12.1 Å². The molecule has 3 aromatic rings. The highest BCUT2D eigenvalue weighted by atomic mass is 16.5. The molecule has 0 bridgehead atoms. The number of ether oxygens (including phenoxy) is 1. The molecular formula is C20H24N4O2. The van der Waals surface area contributed by atoms with E-state index in [0.717, 1.165) is 36.5 Å².